The van der Waals surface area contributed by atoms with E-state index in [2.05, 4.69) is 41.3 Å². The maximum atomic E-state index is 5.67. The molecule has 0 spiro atoms. The monoisotopic (exact) mass is 321 g/mol. The Morgan fingerprint density at radius 1 is 0.842 bits per heavy atom. The van der Waals surface area contributed by atoms with Gasteiger partial charge in [-0.05, 0) is 37.4 Å². The van der Waals surface area contributed by atoms with Crippen LogP contribution in [0.3, 0.4) is 0 Å². The maximum absolute atomic E-state index is 5.67. The molecule has 0 heterocycles. The molecule has 0 saturated carbocycles. The Labute approximate surface area is 125 Å². The fourth-order valence-corrected chi connectivity index (χ4v) is 1.72. The van der Waals surface area contributed by atoms with E-state index in [-0.39, 0.29) is 17.0 Å². The predicted octanol–water partition coefficient (Wildman–Crippen LogP) is 3.87. The third-order valence-corrected chi connectivity index (χ3v) is 2.77. The van der Waals surface area contributed by atoms with Crippen LogP contribution in [0.1, 0.15) is 0 Å². The van der Waals surface area contributed by atoms with Gasteiger partial charge in [0.15, 0.2) is 0 Å². The highest BCUT2D eigenvalue weighted by molar-refractivity contribution is 8.93. The van der Waals surface area contributed by atoms with E-state index < -0.39 is 0 Å². The first-order valence-corrected chi connectivity index (χ1v) is 6.19. The quantitative estimate of drug-likeness (QED) is 0.828. The van der Waals surface area contributed by atoms with E-state index in [1.807, 2.05) is 32.3 Å². The van der Waals surface area contributed by atoms with Crippen LogP contribution >= 0.6 is 17.0 Å². The van der Waals surface area contributed by atoms with Crippen LogP contribution in [-0.4, -0.2) is 32.1 Å². The van der Waals surface area contributed by atoms with Crippen LogP contribution in [0.15, 0.2) is 54.6 Å². The Kier molecular flexibility index (Phi) is 6.60. The molecule has 0 aliphatic rings. The highest BCUT2D eigenvalue weighted by Gasteiger charge is 1.98. The molecule has 0 N–H and O–H groups in total. The summed E-state index contributed by atoms with van der Waals surface area (Å²) in [6, 6.07) is 18.6. The summed E-state index contributed by atoms with van der Waals surface area (Å²) in [7, 11) is 4.09. The molecule has 0 fully saturated rings. The number of hydrogen-bond acceptors (Lipinski definition) is 2. The van der Waals surface area contributed by atoms with Gasteiger partial charge in [0.25, 0.3) is 0 Å². The average molecular weight is 322 g/mol. The number of ether oxygens (including phenoxy) is 1. The molecule has 0 aromatic heterocycles. The molecule has 0 aliphatic heterocycles. The van der Waals surface area contributed by atoms with Gasteiger partial charge in [-0.3, -0.25) is 0 Å². The van der Waals surface area contributed by atoms with Crippen molar-refractivity contribution in [1.82, 2.24) is 4.90 Å². The zero-order chi connectivity index (χ0) is 12.8. The van der Waals surface area contributed by atoms with Crippen LogP contribution < -0.4 is 4.74 Å². The van der Waals surface area contributed by atoms with E-state index in [1.165, 1.54) is 11.1 Å². The number of halogens is 1. The van der Waals surface area contributed by atoms with E-state index in [0.29, 0.717) is 0 Å². The van der Waals surface area contributed by atoms with Crippen LogP contribution in [-0.2, 0) is 0 Å². The number of nitrogens with zero attached hydrogens (tertiary/aromatic N) is 1. The minimum Gasteiger partial charge on any atom is -0.492 e. The van der Waals surface area contributed by atoms with Crippen LogP contribution in [0.25, 0.3) is 11.1 Å². The van der Waals surface area contributed by atoms with E-state index in [4.69, 9.17) is 4.74 Å². The second-order valence-electron chi connectivity index (χ2n) is 4.54. The fourth-order valence-electron chi connectivity index (χ4n) is 1.72. The van der Waals surface area contributed by atoms with Gasteiger partial charge in [-0.1, -0.05) is 42.5 Å². The summed E-state index contributed by atoms with van der Waals surface area (Å²) in [5, 5.41) is 0. The molecule has 0 atom stereocenters. The lowest BCUT2D eigenvalue weighted by Crippen LogP contribution is -2.19. The van der Waals surface area contributed by atoms with E-state index >= 15 is 0 Å². The SMILES string of the molecule is Br.CN(C)CCOc1ccc(-c2ccccc2)cc1. The van der Waals surface area contributed by atoms with Crippen LogP contribution in [0, 0.1) is 0 Å². The molecular weight excluding hydrogens is 302 g/mol. The van der Waals surface area contributed by atoms with Gasteiger partial charge < -0.3 is 9.64 Å². The van der Waals surface area contributed by atoms with E-state index in [9.17, 15) is 0 Å². The average Bonchev–Trinajstić information content (AvgIpc) is 2.40. The van der Waals surface area contributed by atoms with Gasteiger partial charge in [0.1, 0.15) is 12.4 Å². The summed E-state index contributed by atoms with van der Waals surface area (Å²) in [6.45, 7) is 1.65. The normalized spacial score (nSPS) is 10.1. The van der Waals surface area contributed by atoms with Crippen molar-refractivity contribution in [1.29, 1.82) is 0 Å². The molecule has 0 radical (unpaired) electrons. The lowest BCUT2D eigenvalue weighted by Gasteiger charge is -2.11. The summed E-state index contributed by atoms with van der Waals surface area (Å²) in [5.74, 6) is 0.927. The minimum atomic E-state index is 0. The molecule has 2 nitrogen and oxygen atoms in total. The minimum absolute atomic E-state index is 0. The highest BCUT2D eigenvalue weighted by Crippen LogP contribution is 2.21. The zero-order valence-electron chi connectivity index (χ0n) is 11.4. The van der Waals surface area contributed by atoms with Crippen molar-refractivity contribution in [2.45, 2.75) is 0 Å². The number of likely N-dealkylation sites (N-methyl/N-ethyl adjacent to an activating group) is 1. The van der Waals surface area contributed by atoms with E-state index in [0.717, 1.165) is 18.9 Å². The standard InChI is InChI=1S/C16H19NO.BrH/c1-17(2)12-13-18-16-10-8-15(9-11-16)14-6-4-3-5-7-14;/h3-11H,12-13H2,1-2H3;1H. The molecule has 19 heavy (non-hydrogen) atoms. The first-order chi connectivity index (χ1) is 8.75. The van der Waals surface area contributed by atoms with Crippen LogP contribution in [0.5, 0.6) is 5.75 Å². The van der Waals surface area contributed by atoms with Crippen molar-refractivity contribution >= 4 is 17.0 Å². The third-order valence-electron chi connectivity index (χ3n) is 2.77. The molecule has 0 unspecified atom stereocenters. The summed E-state index contributed by atoms with van der Waals surface area (Å²) < 4.78 is 5.67. The van der Waals surface area contributed by atoms with Gasteiger partial charge in [0.05, 0.1) is 0 Å². The van der Waals surface area contributed by atoms with Crippen LogP contribution in [0.4, 0.5) is 0 Å². The van der Waals surface area contributed by atoms with Crippen molar-refractivity contribution in [2.24, 2.45) is 0 Å². The van der Waals surface area contributed by atoms with Gasteiger partial charge in [0.2, 0.25) is 0 Å². The highest BCUT2D eigenvalue weighted by atomic mass is 79.9. The molecule has 3 heteroatoms. The zero-order valence-corrected chi connectivity index (χ0v) is 13.1. The van der Waals surface area contributed by atoms with Gasteiger partial charge in [-0.15, -0.1) is 17.0 Å². The number of benzene rings is 2. The molecule has 2 aromatic rings. The number of hydrogen-bond donors (Lipinski definition) is 0. The Morgan fingerprint density at radius 2 is 1.42 bits per heavy atom. The molecule has 0 aliphatic carbocycles. The lowest BCUT2D eigenvalue weighted by molar-refractivity contribution is 0.261. The molecule has 2 rings (SSSR count). The molecule has 102 valence electrons. The van der Waals surface area contributed by atoms with Gasteiger partial charge >= 0.3 is 0 Å². The summed E-state index contributed by atoms with van der Waals surface area (Å²) in [4.78, 5) is 2.11. The van der Waals surface area contributed by atoms with Gasteiger partial charge in [0, 0.05) is 6.54 Å². The molecular formula is C16H20BrNO. The van der Waals surface area contributed by atoms with Crippen molar-refractivity contribution < 1.29 is 4.74 Å². The summed E-state index contributed by atoms with van der Waals surface area (Å²) in [6.07, 6.45) is 0. The van der Waals surface area contributed by atoms with Gasteiger partial charge in [-0.25, -0.2) is 0 Å². The second-order valence-corrected chi connectivity index (χ2v) is 4.54. The predicted molar refractivity (Wildman–Crippen MR) is 86.2 cm³/mol. The van der Waals surface area contributed by atoms with Crippen LogP contribution in [0.2, 0.25) is 0 Å². The molecule has 0 saturated heterocycles. The largest absolute Gasteiger partial charge is 0.492 e. The fraction of sp³-hybridized carbons (Fsp3) is 0.250. The first kappa shape index (κ1) is 15.7. The van der Waals surface area contributed by atoms with Crippen molar-refractivity contribution in [3.63, 3.8) is 0 Å². The molecule has 0 bridgehead atoms. The smallest absolute Gasteiger partial charge is 0.119 e. The maximum Gasteiger partial charge on any atom is 0.119 e. The van der Waals surface area contributed by atoms with Crippen molar-refractivity contribution in [2.75, 3.05) is 27.2 Å². The second kappa shape index (κ2) is 7.97. The lowest BCUT2D eigenvalue weighted by atomic mass is 10.1. The first-order valence-electron chi connectivity index (χ1n) is 6.19. The number of rotatable bonds is 5. The Hall–Kier alpha value is -1.32. The summed E-state index contributed by atoms with van der Waals surface area (Å²) >= 11 is 0. The molecule has 0 amide bonds. The Bertz CT molecular complexity index is 468. The third kappa shape index (κ3) is 5.05. The Morgan fingerprint density at radius 3 is 2.00 bits per heavy atom. The Balaban J connectivity index is 0.00000180. The topological polar surface area (TPSA) is 12.5 Å². The molecule has 2 aromatic carbocycles. The van der Waals surface area contributed by atoms with Gasteiger partial charge in [-0.2, -0.15) is 0 Å². The van der Waals surface area contributed by atoms with Crippen molar-refractivity contribution in [3.05, 3.63) is 54.6 Å². The summed E-state index contributed by atoms with van der Waals surface area (Å²) in [5.41, 5.74) is 2.45. The van der Waals surface area contributed by atoms with E-state index in [1.54, 1.807) is 0 Å². The van der Waals surface area contributed by atoms with Crippen molar-refractivity contribution in [3.8, 4) is 16.9 Å².